The standard InChI is InChI=1S/C24H18O5/c1-15-11-19(28-24(26)17-8-4-3-5-9-17)14-20-22(15)23(25)21(29-20)13-16-7-6-10-18(12-16)27-2/h3-14H,1-2H3/b21-13-. The van der Waals surface area contributed by atoms with E-state index in [0.717, 1.165) is 5.56 Å². The molecule has 5 heteroatoms. The van der Waals surface area contributed by atoms with Crippen molar-refractivity contribution in [2.75, 3.05) is 7.11 Å². The van der Waals surface area contributed by atoms with Crippen LogP contribution in [0, 0.1) is 6.92 Å². The second kappa shape index (κ2) is 7.64. The molecule has 4 rings (SSSR count). The van der Waals surface area contributed by atoms with E-state index in [-0.39, 0.29) is 11.5 Å². The lowest BCUT2D eigenvalue weighted by atomic mass is 10.0. The second-order valence-electron chi connectivity index (χ2n) is 6.59. The number of fused-ring (bicyclic) bond motifs is 1. The molecule has 1 aliphatic heterocycles. The molecular formula is C24H18O5. The van der Waals surface area contributed by atoms with Crippen LogP contribution in [0.3, 0.4) is 0 Å². The van der Waals surface area contributed by atoms with E-state index in [1.807, 2.05) is 30.3 Å². The lowest BCUT2D eigenvalue weighted by Gasteiger charge is -2.07. The third kappa shape index (κ3) is 3.75. The number of ether oxygens (including phenoxy) is 3. The van der Waals surface area contributed by atoms with Gasteiger partial charge in [-0.05, 0) is 54.5 Å². The van der Waals surface area contributed by atoms with Gasteiger partial charge in [0, 0.05) is 6.07 Å². The Balaban J connectivity index is 1.61. The summed E-state index contributed by atoms with van der Waals surface area (Å²) in [5.41, 5.74) is 2.38. The van der Waals surface area contributed by atoms with Crippen LogP contribution in [0.15, 0.2) is 72.5 Å². The van der Waals surface area contributed by atoms with Gasteiger partial charge in [0.15, 0.2) is 5.76 Å². The zero-order chi connectivity index (χ0) is 20.4. The van der Waals surface area contributed by atoms with Crippen LogP contribution in [0.5, 0.6) is 17.2 Å². The highest BCUT2D eigenvalue weighted by Gasteiger charge is 2.30. The maximum Gasteiger partial charge on any atom is 0.343 e. The largest absolute Gasteiger partial charge is 0.497 e. The zero-order valence-electron chi connectivity index (χ0n) is 16.0. The molecule has 0 amide bonds. The molecular weight excluding hydrogens is 368 g/mol. The number of esters is 1. The SMILES string of the molecule is COc1cccc(/C=C2\Oc3cc(OC(=O)c4ccccc4)cc(C)c3C2=O)c1. The van der Waals surface area contributed by atoms with Crippen molar-refractivity contribution in [3.63, 3.8) is 0 Å². The molecule has 1 aliphatic rings. The summed E-state index contributed by atoms with van der Waals surface area (Å²) in [6.07, 6.45) is 1.67. The highest BCUT2D eigenvalue weighted by atomic mass is 16.5. The van der Waals surface area contributed by atoms with Crippen molar-refractivity contribution in [3.05, 3.63) is 94.7 Å². The van der Waals surface area contributed by atoms with Gasteiger partial charge in [-0.25, -0.2) is 4.79 Å². The molecule has 0 spiro atoms. The molecule has 0 radical (unpaired) electrons. The van der Waals surface area contributed by atoms with Crippen LogP contribution in [0.1, 0.15) is 31.8 Å². The molecule has 5 nitrogen and oxygen atoms in total. The van der Waals surface area contributed by atoms with Gasteiger partial charge >= 0.3 is 5.97 Å². The van der Waals surface area contributed by atoms with Crippen molar-refractivity contribution in [2.45, 2.75) is 6.92 Å². The predicted octanol–water partition coefficient (Wildman–Crippen LogP) is 4.84. The van der Waals surface area contributed by atoms with Crippen LogP contribution in [-0.2, 0) is 0 Å². The first-order chi connectivity index (χ1) is 14.0. The lowest BCUT2D eigenvalue weighted by Crippen LogP contribution is -2.08. The van der Waals surface area contributed by atoms with Crippen molar-refractivity contribution in [2.24, 2.45) is 0 Å². The number of Topliss-reactive ketones (excluding diaryl/α,β-unsaturated/α-hetero) is 1. The second-order valence-corrected chi connectivity index (χ2v) is 6.59. The summed E-state index contributed by atoms with van der Waals surface area (Å²) in [6, 6.07) is 19.3. The molecule has 0 bridgehead atoms. The third-order valence-electron chi connectivity index (χ3n) is 4.56. The molecule has 29 heavy (non-hydrogen) atoms. The van der Waals surface area contributed by atoms with Gasteiger partial charge in [0.2, 0.25) is 5.78 Å². The number of methoxy groups -OCH3 is 1. The van der Waals surface area contributed by atoms with Crippen molar-refractivity contribution in [3.8, 4) is 17.2 Å². The highest BCUT2D eigenvalue weighted by molar-refractivity contribution is 6.15. The van der Waals surface area contributed by atoms with Crippen LogP contribution >= 0.6 is 0 Å². The predicted molar refractivity (Wildman–Crippen MR) is 109 cm³/mol. The average Bonchev–Trinajstić information content (AvgIpc) is 3.04. The molecule has 0 aromatic heterocycles. The van der Waals surface area contributed by atoms with Gasteiger partial charge in [0.05, 0.1) is 18.2 Å². The first-order valence-corrected chi connectivity index (χ1v) is 9.05. The van der Waals surface area contributed by atoms with Gasteiger partial charge in [0.1, 0.15) is 17.2 Å². The Kier molecular flexibility index (Phi) is 4.87. The number of carbonyl (C=O) groups is 2. The Labute approximate surface area is 168 Å². The zero-order valence-corrected chi connectivity index (χ0v) is 16.0. The van der Waals surface area contributed by atoms with E-state index in [1.54, 1.807) is 56.5 Å². The van der Waals surface area contributed by atoms with E-state index in [9.17, 15) is 9.59 Å². The first kappa shape index (κ1) is 18.5. The molecule has 0 atom stereocenters. The molecule has 3 aromatic rings. The molecule has 0 saturated heterocycles. The maximum atomic E-state index is 12.8. The van der Waals surface area contributed by atoms with Gasteiger partial charge in [-0.3, -0.25) is 4.79 Å². The lowest BCUT2D eigenvalue weighted by molar-refractivity contribution is 0.0734. The molecule has 0 N–H and O–H groups in total. The minimum absolute atomic E-state index is 0.207. The summed E-state index contributed by atoms with van der Waals surface area (Å²) in [5, 5.41) is 0. The van der Waals surface area contributed by atoms with Gasteiger partial charge < -0.3 is 14.2 Å². The normalized spacial score (nSPS) is 13.7. The summed E-state index contributed by atoms with van der Waals surface area (Å²) < 4.78 is 16.5. The Morgan fingerprint density at radius 2 is 1.76 bits per heavy atom. The summed E-state index contributed by atoms with van der Waals surface area (Å²) in [7, 11) is 1.58. The van der Waals surface area contributed by atoms with Crippen molar-refractivity contribution >= 4 is 17.8 Å². The van der Waals surface area contributed by atoms with Crippen molar-refractivity contribution in [1.29, 1.82) is 0 Å². The highest BCUT2D eigenvalue weighted by Crippen LogP contribution is 2.37. The molecule has 0 unspecified atom stereocenters. The average molecular weight is 386 g/mol. The van der Waals surface area contributed by atoms with E-state index in [4.69, 9.17) is 14.2 Å². The molecule has 0 fully saturated rings. The molecule has 0 aliphatic carbocycles. The van der Waals surface area contributed by atoms with Gasteiger partial charge in [-0.2, -0.15) is 0 Å². The van der Waals surface area contributed by atoms with Crippen LogP contribution < -0.4 is 14.2 Å². The van der Waals surface area contributed by atoms with Crippen molar-refractivity contribution < 1.29 is 23.8 Å². The molecule has 0 saturated carbocycles. The number of carbonyl (C=O) groups excluding carboxylic acids is 2. The summed E-state index contributed by atoms with van der Waals surface area (Å²) in [4.78, 5) is 25.1. The fourth-order valence-electron chi connectivity index (χ4n) is 3.16. The van der Waals surface area contributed by atoms with E-state index in [0.29, 0.717) is 33.9 Å². The fourth-order valence-corrected chi connectivity index (χ4v) is 3.16. The monoisotopic (exact) mass is 386 g/mol. The van der Waals surface area contributed by atoms with E-state index >= 15 is 0 Å². The third-order valence-corrected chi connectivity index (χ3v) is 4.56. The smallest absolute Gasteiger partial charge is 0.343 e. The molecule has 3 aromatic carbocycles. The van der Waals surface area contributed by atoms with Crippen LogP contribution in [0.4, 0.5) is 0 Å². The first-order valence-electron chi connectivity index (χ1n) is 9.05. The number of aryl methyl sites for hydroxylation is 1. The molecule has 1 heterocycles. The quantitative estimate of drug-likeness (QED) is 0.365. The molecule has 144 valence electrons. The van der Waals surface area contributed by atoms with E-state index in [1.165, 1.54) is 0 Å². The van der Waals surface area contributed by atoms with Gasteiger partial charge in [0.25, 0.3) is 0 Å². The number of benzene rings is 3. The minimum Gasteiger partial charge on any atom is -0.497 e. The van der Waals surface area contributed by atoms with Crippen LogP contribution in [0.25, 0.3) is 6.08 Å². The number of allylic oxidation sites excluding steroid dienone is 1. The Morgan fingerprint density at radius 3 is 2.52 bits per heavy atom. The maximum absolute atomic E-state index is 12.8. The van der Waals surface area contributed by atoms with Crippen LogP contribution in [0.2, 0.25) is 0 Å². The summed E-state index contributed by atoms with van der Waals surface area (Å²) in [6.45, 7) is 1.79. The number of hydrogen-bond donors (Lipinski definition) is 0. The van der Waals surface area contributed by atoms with Gasteiger partial charge in [-0.1, -0.05) is 30.3 Å². The van der Waals surface area contributed by atoms with E-state index in [2.05, 4.69) is 0 Å². The fraction of sp³-hybridized carbons (Fsp3) is 0.0833. The minimum atomic E-state index is -0.471. The van der Waals surface area contributed by atoms with E-state index < -0.39 is 5.97 Å². The number of ketones is 1. The van der Waals surface area contributed by atoms with Gasteiger partial charge in [-0.15, -0.1) is 0 Å². The van der Waals surface area contributed by atoms with Crippen LogP contribution in [-0.4, -0.2) is 18.9 Å². The summed E-state index contributed by atoms with van der Waals surface area (Å²) >= 11 is 0. The Morgan fingerprint density at radius 1 is 0.966 bits per heavy atom. The van der Waals surface area contributed by atoms with Crippen molar-refractivity contribution in [1.82, 2.24) is 0 Å². The topological polar surface area (TPSA) is 61.8 Å². The number of hydrogen-bond acceptors (Lipinski definition) is 5. The number of rotatable bonds is 4. The summed E-state index contributed by atoms with van der Waals surface area (Å²) in [5.74, 6) is 0.921. The Hall–Kier alpha value is -3.86. The Bertz CT molecular complexity index is 1130.